The van der Waals surface area contributed by atoms with Crippen LogP contribution in [0.15, 0.2) is 17.1 Å². The molecule has 1 heterocycles. The number of fused-ring (bicyclic) bond motifs is 1. The zero-order valence-corrected chi connectivity index (χ0v) is 17.1. The number of ether oxygens (including phenoxy) is 2. The molecule has 140 valence electrons. The van der Waals surface area contributed by atoms with Gasteiger partial charge in [0.15, 0.2) is 17.5 Å². The number of benzene rings is 1. The third-order valence-electron chi connectivity index (χ3n) is 4.51. The van der Waals surface area contributed by atoms with Crippen LogP contribution in [0, 0.1) is 0 Å². The molecule has 6 heteroatoms. The van der Waals surface area contributed by atoms with Crippen LogP contribution in [0.1, 0.15) is 31.9 Å². The molecule has 1 aromatic carbocycles. The lowest BCUT2D eigenvalue weighted by atomic mass is 9.99. The molecule has 0 unspecified atom stereocenters. The Kier molecular flexibility index (Phi) is 6.87. The Morgan fingerprint density at radius 3 is 2.44 bits per heavy atom. The van der Waals surface area contributed by atoms with E-state index in [4.69, 9.17) is 14.5 Å². The molecule has 25 heavy (non-hydrogen) atoms. The highest BCUT2D eigenvalue weighted by atomic mass is 32.2. The number of guanidine groups is 1. The maximum atomic E-state index is 5.46. The Morgan fingerprint density at radius 2 is 1.88 bits per heavy atom. The second-order valence-electron chi connectivity index (χ2n) is 6.78. The normalized spacial score (nSPS) is 15.0. The Bertz CT molecular complexity index is 617. The van der Waals surface area contributed by atoms with Crippen molar-refractivity contribution < 1.29 is 9.47 Å². The molecule has 0 amide bonds. The monoisotopic (exact) mass is 365 g/mol. The molecule has 1 aliphatic rings. The lowest BCUT2D eigenvalue weighted by molar-refractivity contribution is 0.346. The van der Waals surface area contributed by atoms with Crippen molar-refractivity contribution in [3.05, 3.63) is 23.3 Å². The maximum Gasteiger partial charge on any atom is 0.194 e. The number of nitrogens with one attached hydrogen (secondary N) is 1. The summed E-state index contributed by atoms with van der Waals surface area (Å²) in [6, 6.07) is 4.20. The van der Waals surface area contributed by atoms with Gasteiger partial charge in [0, 0.05) is 24.4 Å². The van der Waals surface area contributed by atoms with Crippen LogP contribution in [0.2, 0.25) is 0 Å². The maximum absolute atomic E-state index is 5.46. The van der Waals surface area contributed by atoms with E-state index in [9.17, 15) is 0 Å². The summed E-state index contributed by atoms with van der Waals surface area (Å²) < 4.78 is 11.0. The highest BCUT2D eigenvalue weighted by molar-refractivity contribution is 7.99. The van der Waals surface area contributed by atoms with Gasteiger partial charge in [0.05, 0.1) is 20.8 Å². The van der Waals surface area contributed by atoms with Crippen LogP contribution in [-0.2, 0) is 13.0 Å². The Balaban J connectivity index is 2.22. The van der Waals surface area contributed by atoms with Crippen LogP contribution in [0.25, 0.3) is 0 Å². The van der Waals surface area contributed by atoms with Crippen molar-refractivity contribution in [2.24, 2.45) is 4.99 Å². The SMILES string of the molecule is CCNC(=NCC(C)(C)SC)N1CCc2cc(OC)c(OC)cc2C1. The summed E-state index contributed by atoms with van der Waals surface area (Å²) in [6.45, 7) is 10.0. The highest BCUT2D eigenvalue weighted by Crippen LogP contribution is 2.33. The predicted molar refractivity (Wildman–Crippen MR) is 107 cm³/mol. The molecule has 0 spiro atoms. The van der Waals surface area contributed by atoms with E-state index in [-0.39, 0.29) is 4.75 Å². The molecule has 0 aliphatic carbocycles. The van der Waals surface area contributed by atoms with E-state index >= 15 is 0 Å². The van der Waals surface area contributed by atoms with Gasteiger partial charge < -0.3 is 19.7 Å². The Morgan fingerprint density at radius 1 is 1.24 bits per heavy atom. The molecule has 0 aromatic heterocycles. The lowest BCUT2D eigenvalue weighted by Gasteiger charge is -2.33. The first-order valence-electron chi connectivity index (χ1n) is 8.76. The fraction of sp³-hybridized carbons (Fsp3) is 0.632. The minimum atomic E-state index is 0.144. The quantitative estimate of drug-likeness (QED) is 0.620. The molecule has 1 aromatic rings. The number of hydrogen-bond donors (Lipinski definition) is 1. The van der Waals surface area contributed by atoms with Crippen LogP contribution in [0.3, 0.4) is 0 Å². The van der Waals surface area contributed by atoms with Crippen molar-refractivity contribution in [1.29, 1.82) is 0 Å². The van der Waals surface area contributed by atoms with E-state index < -0.39 is 0 Å². The highest BCUT2D eigenvalue weighted by Gasteiger charge is 2.23. The molecular formula is C19H31N3O2S. The third-order valence-corrected chi connectivity index (χ3v) is 5.75. The van der Waals surface area contributed by atoms with Gasteiger partial charge in [0.25, 0.3) is 0 Å². The van der Waals surface area contributed by atoms with Crippen LogP contribution < -0.4 is 14.8 Å². The summed E-state index contributed by atoms with van der Waals surface area (Å²) in [6.07, 6.45) is 3.12. The largest absolute Gasteiger partial charge is 0.493 e. The molecule has 0 saturated carbocycles. The Hall–Kier alpha value is -1.56. The number of aliphatic imine (C=N–C) groups is 1. The van der Waals surface area contributed by atoms with Gasteiger partial charge in [-0.1, -0.05) is 0 Å². The number of nitrogens with zero attached hydrogens (tertiary/aromatic N) is 2. The molecular weight excluding hydrogens is 334 g/mol. The molecule has 0 saturated heterocycles. The average molecular weight is 366 g/mol. The zero-order chi connectivity index (χ0) is 18.4. The van der Waals surface area contributed by atoms with Crippen molar-refractivity contribution in [3.8, 4) is 11.5 Å². The van der Waals surface area contributed by atoms with E-state index in [2.05, 4.69) is 49.4 Å². The second-order valence-corrected chi connectivity index (χ2v) is 8.29. The van der Waals surface area contributed by atoms with Gasteiger partial charge >= 0.3 is 0 Å². The molecule has 2 rings (SSSR count). The molecule has 1 aliphatic heterocycles. The first kappa shape index (κ1) is 19.8. The van der Waals surface area contributed by atoms with Crippen molar-refractivity contribution in [2.45, 2.75) is 38.5 Å². The second kappa shape index (κ2) is 8.70. The van der Waals surface area contributed by atoms with E-state index in [0.29, 0.717) is 0 Å². The van der Waals surface area contributed by atoms with Gasteiger partial charge in [-0.05, 0) is 56.7 Å². The van der Waals surface area contributed by atoms with Gasteiger partial charge in [-0.2, -0.15) is 11.8 Å². The first-order valence-corrected chi connectivity index (χ1v) is 9.98. The average Bonchev–Trinajstić information content (AvgIpc) is 2.63. The fourth-order valence-electron chi connectivity index (χ4n) is 2.82. The summed E-state index contributed by atoms with van der Waals surface area (Å²) in [5.41, 5.74) is 2.60. The van der Waals surface area contributed by atoms with Crippen LogP contribution in [-0.4, -0.2) is 55.7 Å². The minimum Gasteiger partial charge on any atom is -0.493 e. The lowest BCUT2D eigenvalue weighted by Crippen LogP contribution is -2.44. The van der Waals surface area contributed by atoms with Crippen molar-refractivity contribution >= 4 is 17.7 Å². The predicted octanol–water partition coefficient (Wildman–Crippen LogP) is 3.17. The van der Waals surface area contributed by atoms with E-state index in [1.54, 1.807) is 14.2 Å². The third kappa shape index (κ3) is 4.97. The topological polar surface area (TPSA) is 46.1 Å². The van der Waals surface area contributed by atoms with Crippen LogP contribution in [0.4, 0.5) is 0 Å². The number of thioether (sulfide) groups is 1. The molecule has 0 fully saturated rings. The van der Waals surface area contributed by atoms with Gasteiger partial charge in [-0.25, -0.2) is 0 Å². The van der Waals surface area contributed by atoms with E-state index in [0.717, 1.165) is 50.1 Å². The number of rotatable bonds is 6. The first-order chi connectivity index (χ1) is 11.9. The summed E-state index contributed by atoms with van der Waals surface area (Å²) in [4.78, 5) is 7.21. The Labute approximate surface area is 156 Å². The van der Waals surface area contributed by atoms with E-state index in [1.165, 1.54) is 11.1 Å². The molecule has 0 bridgehead atoms. The molecule has 1 N–H and O–H groups in total. The summed E-state index contributed by atoms with van der Waals surface area (Å²) in [5.74, 6) is 2.58. The minimum absolute atomic E-state index is 0.144. The number of hydrogen-bond acceptors (Lipinski definition) is 4. The summed E-state index contributed by atoms with van der Waals surface area (Å²) in [5, 5.41) is 3.44. The van der Waals surface area contributed by atoms with Gasteiger partial charge in [-0.3, -0.25) is 4.99 Å². The van der Waals surface area contributed by atoms with Crippen molar-refractivity contribution in [2.75, 3.05) is 40.1 Å². The van der Waals surface area contributed by atoms with Crippen LogP contribution in [0.5, 0.6) is 11.5 Å². The van der Waals surface area contributed by atoms with Gasteiger partial charge in [0.1, 0.15) is 0 Å². The number of methoxy groups -OCH3 is 2. The summed E-state index contributed by atoms with van der Waals surface area (Å²) in [7, 11) is 3.36. The van der Waals surface area contributed by atoms with Crippen molar-refractivity contribution in [3.63, 3.8) is 0 Å². The van der Waals surface area contributed by atoms with Crippen molar-refractivity contribution in [1.82, 2.24) is 10.2 Å². The van der Waals surface area contributed by atoms with Crippen LogP contribution >= 0.6 is 11.8 Å². The van der Waals surface area contributed by atoms with E-state index in [1.807, 2.05) is 11.8 Å². The molecule has 0 radical (unpaired) electrons. The summed E-state index contributed by atoms with van der Waals surface area (Å²) >= 11 is 1.85. The molecule has 5 nitrogen and oxygen atoms in total. The van der Waals surface area contributed by atoms with Gasteiger partial charge in [-0.15, -0.1) is 0 Å². The fourth-order valence-corrected chi connectivity index (χ4v) is 3.01. The molecule has 0 atom stereocenters. The zero-order valence-electron chi connectivity index (χ0n) is 16.3. The smallest absolute Gasteiger partial charge is 0.194 e. The standard InChI is InChI=1S/C19H31N3O2S/c1-7-20-18(21-13-19(2,3)25-6)22-9-8-14-10-16(23-4)17(24-5)11-15(14)12-22/h10-11H,7-9,12-13H2,1-6H3,(H,20,21). The van der Waals surface area contributed by atoms with Gasteiger partial charge in [0.2, 0.25) is 0 Å².